The van der Waals surface area contributed by atoms with E-state index in [1.807, 2.05) is 42.7 Å². The number of benzene rings is 1. The van der Waals surface area contributed by atoms with Crippen LogP contribution in [0.25, 0.3) is 0 Å². The minimum atomic E-state index is -0.388. The molecule has 5 heteroatoms. The minimum absolute atomic E-state index is 0.0830. The number of nitrogens with zero attached hydrogens (tertiary/aromatic N) is 1. The molecule has 2 N–H and O–H groups in total. The number of aromatic nitrogens is 1. The van der Waals surface area contributed by atoms with Crippen LogP contribution in [-0.2, 0) is 11.3 Å². The molecule has 2 aromatic rings. The van der Waals surface area contributed by atoms with Gasteiger partial charge < -0.3 is 15.0 Å². The number of rotatable bonds is 5. The van der Waals surface area contributed by atoms with E-state index in [-0.39, 0.29) is 18.6 Å². The normalized spacial score (nSPS) is 15.7. The molecule has 0 spiro atoms. The number of anilines is 1. The number of hydrogen-bond acceptors (Lipinski definition) is 2. The van der Waals surface area contributed by atoms with Crippen LogP contribution in [0, 0.1) is 5.92 Å². The van der Waals surface area contributed by atoms with E-state index >= 15 is 0 Å². The first-order chi connectivity index (χ1) is 10.1. The van der Waals surface area contributed by atoms with Crippen LogP contribution in [0.1, 0.15) is 24.5 Å². The largest absolute Gasteiger partial charge is 0.388 e. The lowest BCUT2D eigenvalue weighted by Crippen LogP contribution is -2.17. The van der Waals surface area contributed by atoms with Crippen molar-refractivity contribution >= 4 is 27.5 Å². The number of aliphatic hydroxyl groups is 1. The lowest BCUT2D eigenvalue weighted by Gasteiger charge is -2.07. The van der Waals surface area contributed by atoms with Crippen LogP contribution in [-0.4, -0.2) is 15.6 Å². The molecule has 1 aliphatic carbocycles. The highest BCUT2D eigenvalue weighted by Gasteiger charge is 2.31. The Balaban J connectivity index is 1.58. The molecule has 110 valence electrons. The molecule has 4 nitrogen and oxygen atoms in total. The average molecular weight is 349 g/mol. The van der Waals surface area contributed by atoms with Crippen LogP contribution in [0.5, 0.6) is 0 Å². The molecule has 0 bridgehead atoms. The predicted octanol–water partition coefficient (Wildman–Crippen LogP) is 3.33. The van der Waals surface area contributed by atoms with Gasteiger partial charge in [0.15, 0.2) is 0 Å². The zero-order chi connectivity index (χ0) is 14.8. The monoisotopic (exact) mass is 348 g/mol. The van der Waals surface area contributed by atoms with Gasteiger partial charge in [-0.2, -0.15) is 0 Å². The van der Waals surface area contributed by atoms with Crippen molar-refractivity contribution in [3.05, 3.63) is 52.8 Å². The minimum Gasteiger partial charge on any atom is -0.388 e. The Morgan fingerprint density at radius 2 is 2.05 bits per heavy atom. The van der Waals surface area contributed by atoms with Crippen molar-refractivity contribution in [2.45, 2.75) is 25.5 Å². The number of carbonyl (C=O) groups is 1. The van der Waals surface area contributed by atoms with E-state index in [0.717, 1.165) is 28.6 Å². The van der Waals surface area contributed by atoms with Crippen LogP contribution >= 0.6 is 15.9 Å². The first-order valence-electron chi connectivity index (χ1n) is 7.01. The highest BCUT2D eigenvalue weighted by Crippen LogP contribution is 2.40. The van der Waals surface area contributed by atoms with Crippen molar-refractivity contribution in [3.63, 3.8) is 0 Å². The summed E-state index contributed by atoms with van der Waals surface area (Å²) in [5.41, 5.74) is 1.67. The smallest absolute Gasteiger partial charge is 0.244 e. The van der Waals surface area contributed by atoms with Crippen molar-refractivity contribution in [1.82, 2.24) is 4.57 Å². The molecule has 1 heterocycles. The van der Waals surface area contributed by atoms with E-state index in [2.05, 4.69) is 21.2 Å². The summed E-state index contributed by atoms with van der Waals surface area (Å²) in [4.78, 5) is 12.0. The molecule has 1 unspecified atom stereocenters. The number of halogens is 1. The molecule has 1 aliphatic rings. The second-order valence-corrected chi connectivity index (χ2v) is 6.37. The van der Waals surface area contributed by atoms with E-state index < -0.39 is 0 Å². The van der Waals surface area contributed by atoms with Crippen molar-refractivity contribution in [2.75, 3.05) is 5.32 Å². The molecule has 1 atom stereocenters. The van der Waals surface area contributed by atoms with Crippen LogP contribution in [0.3, 0.4) is 0 Å². The molecule has 1 fully saturated rings. The molecule has 0 aliphatic heterocycles. The van der Waals surface area contributed by atoms with Gasteiger partial charge in [0.2, 0.25) is 5.91 Å². The summed E-state index contributed by atoms with van der Waals surface area (Å²) in [5.74, 6) is 0.317. The van der Waals surface area contributed by atoms with Gasteiger partial charge >= 0.3 is 0 Å². The van der Waals surface area contributed by atoms with E-state index in [9.17, 15) is 9.90 Å². The third-order valence-electron chi connectivity index (χ3n) is 3.64. The maximum Gasteiger partial charge on any atom is 0.244 e. The van der Waals surface area contributed by atoms with Gasteiger partial charge in [0, 0.05) is 22.6 Å². The summed E-state index contributed by atoms with van der Waals surface area (Å²) in [5, 5.41) is 12.9. The number of amides is 1. The summed E-state index contributed by atoms with van der Waals surface area (Å²) in [6.45, 7) is 0.244. The van der Waals surface area contributed by atoms with Crippen molar-refractivity contribution in [2.24, 2.45) is 5.92 Å². The maximum atomic E-state index is 12.0. The van der Waals surface area contributed by atoms with Crippen molar-refractivity contribution in [3.8, 4) is 0 Å². The van der Waals surface area contributed by atoms with Crippen molar-refractivity contribution in [1.29, 1.82) is 0 Å². The summed E-state index contributed by atoms with van der Waals surface area (Å²) in [6.07, 6.45) is 5.49. The molecule has 1 amide bonds. The molecular formula is C16H17BrN2O2. The highest BCUT2D eigenvalue weighted by molar-refractivity contribution is 9.10. The highest BCUT2D eigenvalue weighted by atomic mass is 79.9. The van der Waals surface area contributed by atoms with E-state index in [1.54, 1.807) is 4.57 Å². The van der Waals surface area contributed by atoms with E-state index in [1.165, 1.54) is 0 Å². The Morgan fingerprint density at radius 1 is 1.33 bits per heavy atom. The summed E-state index contributed by atoms with van der Waals surface area (Å²) >= 11 is 3.36. The first kappa shape index (κ1) is 14.4. The molecule has 1 saturated carbocycles. The Hall–Kier alpha value is -1.59. The SMILES string of the molecule is O=C(Cn1ccc(C(O)C2CC2)c1)Nc1ccc(Br)cc1. The fraction of sp³-hybridized carbons (Fsp3) is 0.312. The molecule has 0 radical (unpaired) electrons. The zero-order valence-electron chi connectivity index (χ0n) is 11.5. The number of aliphatic hydroxyl groups excluding tert-OH is 1. The maximum absolute atomic E-state index is 12.0. The average Bonchev–Trinajstić information content (AvgIpc) is 3.21. The van der Waals surface area contributed by atoms with Gasteiger partial charge in [-0.15, -0.1) is 0 Å². The van der Waals surface area contributed by atoms with Gasteiger partial charge in [-0.05, 0) is 54.7 Å². The molecule has 1 aromatic carbocycles. The standard InChI is InChI=1S/C16H17BrN2O2/c17-13-3-5-14(6-4-13)18-15(20)10-19-8-7-12(9-19)16(21)11-1-2-11/h3-9,11,16,21H,1-2,10H2,(H,18,20). The Labute approximate surface area is 131 Å². The Bertz CT molecular complexity index is 632. The molecule has 1 aromatic heterocycles. The van der Waals surface area contributed by atoms with Gasteiger partial charge in [0.05, 0.1) is 6.10 Å². The van der Waals surface area contributed by atoms with Gasteiger partial charge in [0.25, 0.3) is 0 Å². The number of nitrogens with one attached hydrogen (secondary N) is 1. The lowest BCUT2D eigenvalue weighted by molar-refractivity contribution is -0.116. The van der Waals surface area contributed by atoms with E-state index in [0.29, 0.717) is 5.92 Å². The first-order valence-corrected chi connectivity index (χ1v) is 7.80. The van der Waals surface area contributed by atoms with Crippen LogP contribution in [0.2, 0.25) is 0 Å². The second kappa shape index (κ2) is 6.03. The van der Waals surface area contributed by atoms with Crippen LogP contribution in [0.4, 0.5) is 5.69 Å². The topological polar surface area (TPSA) is 54.3 Å². The second-order valence-electron chi connectivity index (χ2n) is 5.45. The summed E-state index contributed by atoms with van der Waals surface area (Å²) in [6, 6.07) is 9.35. The number of hydrogen-bond donors (Lipinski definition) is 2. The molecule has 21 heavy (non-hydrogen) atoms. The summed E-state index contributed by atoms with van der Waals surface area (Å²) in [7, 11) is 0. The van der Waals surface area contributed by atoms with Crippen molar-refractivity contribution < 1.29 is 9.90 Å². The van der Waals surface area contributed by atoms with Crippen LogP contribution < -0.4 is 5.32 Å². The summed E-state index contributed by atoms with van der Waals surface area (Å²) < 4.78 is 2.78. The van der Waals surface area contributed by atoms with Gasteiger partial charge in [0.1, 0.15) is 6.54 Å². The Kier molecular flexibility index (Phi) is 4.12. The van der Waals surface area contributed by atoms with Gasteiger partial charge in [-0.25, -0.2) is 0 Å². The third-order valence-corrected chi connectivity index (χ3v) is 4.17. The third kappa shape index (κ3) is 3.74. The lowest BCUT2D eigenvalue weighted by atomic mass is 10.1. The molecule has 0 saturated heterocycles. The fourth-order valence-electron chi connectivity index (χ4n) is 2.32. The van der Waals surface area contributed by atoms with E-state index in [4.69, 9.17) is 0 Å². The van der Waals surface area contributed by atoms with Gasteiger partial charge in [-0.1, -0.05) is 15.9 Å². The molecule has 3 rings (SSSR count). The Morgan fingerprint density at radius 3 is 2.71 bits per heavy atom. The molecular weight excluding hydrogens is 332 g/mol. The predicted molar refractivity (Wildman–Crippen MR) is 84.9 cm³/mol. The number of carbonyl (C=O) groups excluding carboxylic acids is 1. The van der Waals surface area contributed by atoms with Crippen LogP contribution in [0.15, 0.2) is 47.2 Å². The fourth-order valence-corrected chi connectivity index (χ4v) is 2.58. The quantitative estimate of drug-likeness (QED) is 0.870. The van der Waals surface area contributed by atoms with Gasteiger partial charge in [-0.3, -0.25) is 4.79 Å². The zero-order valence-corrected chi connectivity index (χ0v) is 13.1.